The van der Waals surface area contributed by atoms with E-state index >= 15 is 0 Å². The molecular formula is C24H34N2O3S. The molecule has 6 heteroatoms. The van der Waals surface area contributed by atoms with Crippen molar-refractivity contribution in [2.45, 2.75) is 67.0 Å². The van der Waals surface area contributed by atoms with Gasteiger partial charge in [0, 0.05) is 0 Å². The molecule has 0 aliphatic heterocycles. The van der Waals surface area contributed by atoms with Crippen LogP contribution in [0, 0.1) is 34.6 Å². The zero-order valence-electron chi connectivity index (χ0n) is 19.3. The molecule has 2 atom stereocenters. The highest BCUT2D eigenvalue weighted by Gasteiger charge is 2.33. The molecule has 1 N–H and O–H groups in total. The molecule has 2 aromatic carbocycles. The van der Waals surface area contributed by atoms with Crippen LogP contribution in [0.4, 0.5) is 5.69 Å². The van der Waals surface area contributed by atoms with Crippen LogP contribution in [0.2, 0.25) is 0 Å². The molecule has 0 radical (unpaired) electrons. The van der Waals surface area contributed by atoms with Crippen LogP contribution in [0.5, 0.6) is 0 Å². The molecular weight excluding hydrogens is 396 g/mol. The lowest BCUT2D eigenvalue weighted by Crippen LogP contribution is -2.50. The van der Waals surface area contributed by atoms with Crippen molar-refractivity contribution in [1.82, 2.24) is 5.32 Å². The Morgan fingerprint density at radius 3 is 2.13 bits per heavy atom. The molecule has 1 amide bonds. The molecule has 0 saturated carbocycles. The lowest BCUT2D eigenvalue weighted by molar-refractivity contribution is -0.122. The summed E-state index contributed by atoms with van der Waals surface area (Å²) in [5.41, 5.74) is 6.83. The van der Waals surface area contributed by atoms with Crippen LogP contribution in [-0.4, -0.2) is 26.6 Å². The monoisotopic (exact) mass is 430 g/mol. The van der Waals surface area contributed by atoms with Crippen molar-refractivity contribution in [3.05, 3.63) is 63.7 Å². The molecule has 5 nitrogen and oxygen atoms in total. The zero-order chi connectivity index (χ0) is 22.8. The SMILES string of the molecule is CC[C@H](C(=O)N[C@@H](C)c1cc(C)c(C)cc1C)N(c1cc(C)ccc1C)S(C)(=O)=O. The first-order chi connectivity index (χ1) is 13.9. The molecule has 0 spiro atoms. The summed E-state index contributed by atoms with van der Waals surface area (Å²) in [6, 6.07) is 8.79. The van der Waals surface area contributed by atoms with Gasteiger partial charge in [-0.25, -0.2) is 8.42 Å². The smallest absolute Gasteiger partial charge is 0.244 e. The number of carbonyl (C=O) groups is 1. The summed E-state index contributed by atoms with van der Waals surface area (Å²) < 4.78 is 26.7. The summed E-state index contributed by atoms with van der Waals surface area (Å²) in [6.07, 6.45) is 1.52. The van der Waals surface area contributed by atoms with Crippen molar-refractivity contribution in [3.63, 3.8) is 0 Å². The molecule has 2 aromatic rings. The highest BCUT2D eigenvalue weighted by atomic mass is 32.2. The number of sulfonamides is 1. The second kappa shape index (κ2) is 9.21. The number of rotatable bonds is 7. The van der Waals surface area contributed by atoms with Crippen molar-refractivity contribution in [1.29, 1.82) is 0 Å². The number of nitrogens with one attached hydrogen (secondary N) is 1. The van der Waals surface area contributed by atoms with Crippen molar-refractivity contribution in [3.8, 4) is 0 Å². The van der Waals surface area contributed by atoms with Crippen LogP contribution >= 0.6 is 0 Å². The standard InChI is InChI=1S/C24H34N2O3S/c1-9-22(26(30(8,28)29)23-12-15(2)10-11-16(23)3)24(27)25-20(7)21-14-18(5)17(4)13-19(21)6/h10-14,20,22H,9H2,1-8H3,(H,25,27)/t20-,22+/m0/s1. The van der Waals surface area contributed by atoms with Crippen molar-refractivity contribution < 1.29 is 13.2 Å². The normalized spacial score (nSPS) is 13.6. The van der Waals surface area contributed by atoms with Gasteiger partial charge < -0.3 is 5.32 Å². The van der Waals surface area contributed by atoms with Crippen LogP contribution < -0.4 is 9.62 Å². The van der Waals surface area contributed by atoms with E-state index in [2.05, 4.69) is 24.4 Å². The number of hydrogen-bond acceptors (Lipinski definition) is 3. The van der Waals surface area contributed by atoms with E-state index in [0.717, 1.165) is 34.1 Å². The Balaban J connectivity index is 2.41. The van der Waals surface area contributed by atoms with E-state index in [4.69, 9.17) is 0 Å². The van der Waals surface area contributed by atoms with Gasteiger partial charge in [0.15, 0.2) is 0 Å². The van der Waals surface area contributed by atoms with Crippen LogP contribution in [0.3, 0.4) is 0 Å². The van der Waals surface area contributed by atoms with E-state index in [1.807, 2.05) is 59.7 Å². The van der Waals surface area contributed by atoms with Crippen LogP contribution in [0.1, 0.15) is 59.7 Å². The molecule has 0 aliphatic carbocycles. The molecule has 0 saturated heterocycles. The summed E-state index contributed by atoms with van der Waals surface area (Å²) in [5.74, 6) is -0.297. The number of anilines is 1. The molecule has 2 rings (SSSR count). The lowest BCUT2D eigenvalue weighted by Gasteiger charge is -2.32. The van der Waals surface area contributed by atoms with Crippen molar-refractivity contribution in [2.75, 3.05) is 10.6 Å². The minimum absolute atomic E-state index is 0.231. The van der Waals surface area contributed by atoms with Crippen molar-refractivity contribution in [2.24, 2.45) is 0 Å². The number of benzene rings is 2. The maximum Gasteiger partial charge on any atom is 0.244 e. The number of amides is 1. The second-order valence-corrected chi connectivity index (χ2v) is 10.2. The van der Waals surface area contributed by atoms with Gasteiger partial charge in [-0.05, 0) is 87.4 Å². The van der Waals surface area contributed by atoms with Gasteiger partial charge in [0.25, 0.3) is 0 Å². The number of carbonyl (C=O) groups excluding carboxylic acids is 1. The molecule has 0 aliphatic rings. The number of aryl methyl sites for hydroxylation is 5. The van der Waals surface area contributed by atoms with Gasteiger partial charge in [0.05, 0.1) is 18.0 Å². The number of hydrogen-bond donors (Lipinski definition) is 1. The third kappa shape index (κ3) is 5.22. The first kappa shape index (κ1) is 23.9. The summed E-state index contributed by atoms with van der Waals surface area (Å²) in [7, 11) is -3.66. The predicted molar refractivity (Wildman–Crippen MR) is 125 cm³/mol. The van der Waals surface area contributed by atoms with Gasteiger partial charge in [-0.2, -0.15) is 0 Å². The third-order valence-corrected chi connectivity index (χ3v) is 6.81. The van der Waals surface area contributed by atoms with Crippen LogP contribution in [-0.2, 0) is 14.8 Å². The van der Waals surface area contributed by atoms with Gasteiger partial charge in [-0.3, -0.25) is 9.10 Å². The Kier molecular flexibility index (Phi) is 7.35. The first-order valence-electron chi connectivity index (χ1n) is 10.3. The second-order valence-electron chi connectivity index (χ2n) is 8.30. The fourth-order valence-electron chi connectivity index (χ4n) is 3.83. The van der Waals surface area contributed by atoms with Gasteiger partial charge >= 0.3 is 0 Å². The maximum absolute atomic E-state index is 13.3. The Hall–Kier alpha value is -2.34. The Morgan fingerprint density at radius 1 is 0.967 bits per heavy atom. The average molecular weight is 431 g/mol. The fourth-order valence-corrected chi connectivity index (χ4v) is 5.09. The summed E-state index contributed by atoms with van der Waals surface area (Å²) in [5, 5.41) is 3.05. The summed E-state index contributed by atoms with van der Waals surface area (Å²) in [6.45, 7) is 13.7. The average Bonchev–Trinajstić information content (AvgIpc) is 2.63. The third-order valence-electron chi connectivity index (χ3n) is 5.64. The molecule has 0 fully saturated rings. The minimum Gasteiger partial charge on any atom is -0.348 e. The fraction of sp³-hybridized carbons (Fsp3) is 0.458. The molecule has 0 heterocycles. The largest absolute Gasteiger partial charge is 0.348 e. The molecule has 0 aromatic heterocycles. The number of nitrogens with zero attached hydrogens (tertiary/aromatic N) is 1. The lowest BCUT2D eigenvalue weighted by atomic mass is 9.96. The van der Waals surface area contributed by atoms with E-state index in [9.17, 15) is 13.2 Å². The van der Waals surface area contributed by atoms with E-state index < -0.39 is 16.1 Å². The highest BCUT2D eigenvalue weighted by Crippen LogP contribution is 2.28. The molecule has 0 unspecified atom stereocenters. The van der Waals surface area contributed by atoms with Gasteiger partial charge in [-0.1, -0.05) is 31.2 Å². The van der Waals surface area contributed by atoms with E-state index in [0.29, 0.717) is 12.1 Å². The predicted octanol–water partition coefficient (Wildman–Crippen LogP) is 4.65. The van der Waals surface area contributed by atoms with Crippen LogP contribution in [0.15, 0.2) is 30.3 Å². The quantitative estimate of drug-likeness (QED) is 0.695. The Morgan fingerprint density at radius 2 is 1.57 bits per heavy atom. The van der Waals surface area contributed by atoms with Crippen LogP contribution in [0.25, 0.3) is 0 Å². The van der Waals surface area contributed by atoms with Gasteiger partial charge in [0.2, 0.25) is 15.9 Å². The van der Waals surface area contributed by atoms with E-state index in [1.165, 1.54) is 9.87 Å². The van der Waals surface area contributed by atoms with Crippen molar-refractivity contribution >= 4 is 21.6 Å². The van der Waals surface area contributed by atoms with E-state index in [-0.39, 0.29) is 11.9 Å². The first-order valence-corrected chi connectivity index (χ1v) is 12.2. The zero-order valence-corrected chi connectivity index (χ0v) is 20.1. The van der Waals surface area contributed by atoms with Gasteiger partial charge in [-0.15, -0.1) is 0 Å². The minimum atomic E-state index is -3.66. The summed E-state index contributed by atoms with van der Waals surface area (Å²) in [4.78, 5) is 13.3. The molecule has 0 bridgehead atoms. The Bertz CT molecular complexity index is 1040. The topological polar surface area (TPSA) is 66.5 Å². The highest BCUT2D eigenvalue weighted by molar-refractivity contribution is 7.92. The van der Waals surface area contributed by atoms with Gasteiger partial charge in [0.1, 0.15) is 6.04 Å². The van der Waals surface area contributed by atoms with E-state index in [1.54, 1.807) is 0 Å². The molecule has 30 heavy (non-hydrogen) atoms. The maximum atomic E-state index is 13.3. The summed E-state index contributed by atoms with van der Waals surface area (Å²) >= 11 is 0. The molecule has 164 valence electrons. The Labute approximate surface area is 181 Å².